The van der Waals surface area contributed by atoms with Crippen LogP contribution in [0.4, 0.5) is 0 Å². The molecule has 1 saturated carbocycles. The molecule has 0 spiro atoms. The Hall–Kier alpha value is -1.22. The molecule has 0 heterocycles. The standard InChI is InChI=1S/C18H29NO2/c1-3-19-15-18(11-5-4-6-12-18)13-14-21-17-9-7-16(20-2)8-10-17/h7-10,19H,3-6,11-15H2,1-2H3. The minimum atomic E-state index is 0.445. The first-order chi connectivity index (χ1) is 10.3. The Bertz CT molecular complexity index is 396. The third-order valence-electron chi connectivity index (χ3n) is 4.62. The monoisotopic (exact) mass is 291 g/mol. The maximum atomic E-state index is 5.93. The van der Waals surface area contributed by atoms with E-state index >= 15 is 0 Å². The van der Waals surface area contributed by atoms with Crippen LogP contribution in [0.15, 0.2) is 24.3 Å². The fraction of sp³-hybridized carbons (Fsp3) is 0.667. The second kappa shape index (κ2) is 8.28. The fourth-order valence-corrected chi connectivity index (χ4v) is 3.26. The molecule has 1 aromatic rings. The summed E-state index contributed by atoms with van der Waals surface area (Å²) in [5.41, 5.74) is 0.445. The molecule has 0 atom stereocenters. The van der Waals surface area contributed by atoms with Gasteiger partial charge < -0.3 is 14.8 Å². The second-order valence-electron chi connectivity index (χ2n) is 6.11. The van der Waals surface area contributed by atoms with Crippen molar-refractivity contribution in [3.63, 3.8) is 0 Å². The molecule has 1 aliphatic carbocycles. The first-order valence-corrected chi connectivity index (χ1v) is 8.25. The van der Waals surface area contributed by atoms with E-state index < -0.39 is 0 Å². The van der Waals surface area contributed by atoms with Gasteiger partial charge in [-0.15, -0.1) is 0 Å². The van der Waals surface area contributed by atoms with Crippen LogP contribution in [0.3, 0.4) is 0 Å². The Morgan fingerprint density at radius 1 is 1.05 bits per heavy atom. The predicted molar refractivity (Wildman–Crippen MR) is 87.2 cm³/mol. The summed E-state index contributed by atoms with van der Waals surface area (Å²) in [7, 11) is 1.68. The van der Waals surface area contributed by atoms with Gasteiger partial charge in [-0.2, -0.15) is 0 Å². The van der Waals surface area contributed by atoms with Crippen molar-refractivity contribution in [1.82, 2.24) is 5.32 Å². The first-order valence-electron chi connectivity index (χ1n) is 8.25. The van der Waals surface area contributed by atoms with Crippen molar-refractivity contribution in [3.05, 3.63) is 24.3 Å². The van der Waals surface area contributed by atoms with Crippen LogP contribution in [0.1, 0.15) is 45.4 Å². The minimum absolute atomic E-state index is 0.445. The number of nitrogens with one attached hydrogen (secondary N) is 1. The summed E-state index contributed by atoms with van der Waals surface area (Å²) >= 11 is 0. The van der Waals surface area contributed by atoms with Crippen molar-refractivity contribution in [1.29, 1.82) is 0 Å². The third-order valence-corrected chi connectivity index (χ3v) is 4.62. The summed E-state index contributed by atoms with van der Waals surface area (Å²) in [6, 6.07) is 7.86. The number of hydrogen-bond donors (Lipinski definition) is 1. The van der Waals surface area contributed by atoms with Gasteiger partial charge in [0.15, 0.2) is 0 Å². The maximum absolute atomic E-state index is 5.93. The number of hydrogen-bond acceptors (Lipinski definition) is 3. The lowest BCUT2D eigenvalue weighted by Gasteiger charge is -2.37. The van der Waals surface area contributed by atoms with Crippen molar-refractivity contribution in [2.45, 2.75) is 45.4 Å². The molecule has 0 aromatic heterocycles. The average Bonchev–Trinajstić information content (AvgIpc) is 2.55. The van der Waals surface area contributed by atoms with E-state index in [0.29, 0.717) is 5.41 Å². The fourth-order valence-electron chi connectivity index (χ4n) is 3.26. The van der Waals surface area contributed by atoms with Gasteiger partial charge in [-0.25, -0.2) is 0 Å². The van der Waals surface area contributed by atoms with E-state index in [1.54, 1.807) is 7.11 Å². The molecular formula is C18H29NO2. The van der Waals surface area contributed by atoms with Crippen molar-refractivity contribution in [3.8, 4) is 11.5 Å². The van der Waals surface area contributed by atoms with Gasteiger partial charge in [0.05, 0.1) is 13.7 Å². The van der Waals surface area contributed by atoms with Gasteiger partial charge in [-0.3, -0.25) is 0 Å². The van der Waals surface area contributed by atoms with Crippen LogP contribution in [0.2, 0.25) is 0 Å². The normalized spacial score (nSPS) is 17.4. The van der Waals surface area contributed by atoms with Crippen LogP contribution in [-0.4, -0.2) is 26.8 Å². The Labute approximate surface area is 129 Å². The van der Waals surface area contributed by atoms with E-state index in [9.17, 15) is 0 Å². The molecule has 0 radical (unpaired) electrons. The Kier molecular flexibility index (Phi) is 6.37. The number of rotatable bonds is 8. The molecule has 1 fully saturated rings. The van der Waals surface area contributed by atoms with Crippen molar-refractivity contribution < 1.29 is 9.47 Å². The number of methoxy groups -OCH3 is 1. The van der Waals surface area contributed by atoms with E-state index in [2.05, 4.69) is 12.2 Å². The van der Waals surface area contributed by atoms with Crippen LogP contribution in [0.5, 0.6) is 11.5 Å². The van der Waals surface area contributed by atoms with Crippen molar-refractivity contribution >= 4 is 0 Å². The zero-order valence-corrected chi connectivity index (χ0v) is 13.5. The molecular weight excluding hydrogens is 262 g/mol. The molecule has 21 heavy (non-hydrogen) atoms. The predicted octanol–water partition coefficient (Wildman–Crippen LogP) is 4.02. The number of ether oxygens (including phenoxy) is 2. The summed E-state index contributed by atoms with van der Waals surface area (Å²) in [6.45, 7) is 5.18. The lowest BCUT2D eigenvalue weighted by molar-refractivity contribution is 0.134. The van der Waals surface area contributed by atoms with Crippen molar-refractivity contribution in [2.75, 3.05) is 26.8 Å². The zero-order chi connectivity index (χ0) is 15.0. The molecule has 2 rings (SSSR count). The zero-order valence-electron chi connectivity index (χ0n) is 13.5. The maximum Gasteiger partial charge on any atom is 0.119 e. The molecule has 1 N–H and O–H groups in total. The molecule has 3 heteroatoms. The van der Waals surface area contributed by atoms with E-state index in [1.165, 1.54) is 32.1 Å². The van der Waals surface area contributed by atoms with Gasteiger partial charge >= 0.3 is 0 Å². The molecule has 1 aromatic carbocycles. The highest BCUT2D eigenvalue weighted by Crippen LogP contribution is 2.38. The van der Waals surface area contributed by atoms with Crippen LogP contribution in [0.25, 0.3) is 0 Å². The highest BCUT2D eigenvalue weighted by atomic mass is 16.5. The Balaban J connectivity index is 1.83. The van der Waals surface area contributed by atoms with E-state index in [4.69, 9.17) is 9.47 Å². The van der Waals surface area contributed by atoms with Crippen molar-refractivity contribution in [2.24, 2.45) is 5.41 Å². The van der Waals surface area contributed by atoms with E-state index in [0.717, 1.165) is 37.6 Å². The number of benzene rings is 1. The molecule has 0 amide bonds. The van der Waals surface area contributed by atoms with Crippen LogP contribution >= 0.6 is 0 Å². The van der Waals surface area contributed by atoms with Crippen LogP contribution in [-0.2, 0) is 0 Å². The summed E-state index contributed by atoms with van der Waals surface area (Å²) < 4.78 is 11.1. The Morgan fingerprint density at radius 3 is 2.33 bits per heavy atom. The van der Waals surface area contributed by atoms with E-state index in [1.807, 2.05) is 24.3 Å². The smallest absolute Gasteiger partial charge is 0.119 e. The molecule has 3 nitrogen and oxygen atoms in total. The summed E-state index contributed by atoms with van der Waals surface area (Å²) in [6.07, 6.45) is 7.96. The van der Waals surface area contributed by atoms with Crippen LogP contribution < -0.4 is 14.8 Å². The van der Waals surface area contributed by atoms with Gasteiger partial charge in [0, 0.05) is 6.54 Å². The highest BCUT2D eigenvalue weighted by molar-refractivity contribution is 5.31. The molecule has 1 aliphatic rings. The van der Waals surface area contributed by atoms with Crippen LogP contribution in [0, 0.1) is 5.41 Å². The van der Waals surface area contributed by atoms with Gasteiger partial charge in [-0.1, -0.05) is 26.2 Å². The quantitative estimate of drug-likeness (QED) is 0.784. The average molecular weight is 291 g/mol. The molecule has 0 bridgehead atoms. The molecule has 0 unspecified atom stereocenters. The van der Waals surface area contributed by atoms with Gasteiger partial charge in [0.2, 0.25) is 0 Å². The lowest BCUT2D eigenvalue weighted by atomic mass is 9.72. The SMILES string of the molecule is CCNCC1(CCOc2ccc(OC)cc2)CCCCC1. The lowest BCUT2D eigenvalue weighted by Crippen LogP contribution is -2.37. The minimum Gasteiger partial charge on any atom is -0.497 e. The molecule has 0 aliphatic heterocycles. The van der Waals surface area contributed by atoms with Gasteiger partial charge in [-0.05, 0) is 55.5 Å². The summed E-state index contributed by atoms with van der Waals surface area (Å²) in [4.78, 5) is 0. The molecule has 118 valence electrons. The van der Waals surface area contributed by atoms with Gasteiger partial charge in [0.1, 0.15) is 11.5 Å². The summed E-state index contributed by atoms with van der Waals surface area (Å²) in [5.74, 6) is 1.81. The largest absolute Gasteiger partial charge is 0.497 e. The van der Waals surface area contributed by atoms with Gasteiger partial charge in [0.25, 0.3) is 0 Å². The highest BCUT2D eigenvalue weighted by Gasteiger charge is 2.31. The Morgan fingerprint density at radius 2 is 1.71 bits per heavy atom. The second-order valence-corrected chi connectivity index (χ2v) is 6.11. The third kappa shape index (κ3) is 4.92. The molecule has 0 saturated heterocycles. The summed E-state index contributed by atoms with van der Waals surface area (Å²) in [5, 5.41) is 3.55. The topological polar surface area (TPSA) is 30.5 Å². The first kappa shape index (κ1) is 16.2. The van der Waals surface area contributed by atoms with E-state index in [-0.39, 0.29) is 0 Å².